The van der Waals surface area contributed by atoms with Gasteiger partial charge in [-0.25, -0.2) is 4.79 Å². The summed E-state index contributed by atoms with van der Waals surface area (Å²) in [4.78, 5) is 30.8. The SMILES string of the molecule is CN(CC1CCCN1C)C(=O)c1ccc(C(=O)O)cn1. The van der Waals surface area contributed by atoms with Crippen molar-refractivity contribution in [2.75, 3.05) is 27.2 Å². The summed E-state index contributed by atoms with van der Waals surface area (Å²) < 4.78 is 0. The molecule has 6 nitrogen and oxygen atoms in total. The van der Waals surface area contributed by atoms with Crippen LogP contribution in [0, 0.1) is 0 Å². The second-order valence-electron chi connectivity index (χ2n) is 5.20. The summed E-state index contributed by atoms with van der Waals surface area (Å²) in [6.07, 6.45) is 3.47. The van der Waals surface area contributed by atoms with Gasteiger partial charge in [-0.1, -0.05) is 0 Å². The number of carbonyl (C=O) groups excluding carboxylic acids is 1. The van der Waals surface area contributed by atoms with E-state index in [2.05, 4.69) is 16.9 Å². The second kappa shape index (κ2) is 6.00. The Labute approximate surface area is 118 Å². The molecule has 2 heterocycles. The van der Waals surface area contributed by atoms with E-state index in [0.29, 0.717) is 12.6 Å². The topological polar surface area (TPSA) is 73.7 Å². The van der Waals surface area contributed by atoms with Gasteiger partial charge in [0.15, 0.2) is 0 Å². The molecule has 1 N–H and O–H groups in total. The maximum absolute atomic E-state index is 12.2. The van der Waals surface area contributed by atoms with Gasteiger partial charge >= 0.3 is 5.97 Å². The van der Waals surface area contributed by atoms with Gasteiger partial charge in [0.05, 0.1) is 5.56 Å². The molecule has 1 atom stereocenters. The van der Waals surface area contributed by atoms with Gasteiger partial charge in [-0.15, -0.1) is 0 Å². The predicted octanol–water partition coefficient (Wildman–Crippen LogP) is 0.946. The number of carboxylic acid groups (broad SMARTS) is 1. The van der Waals surface area contributed by atoms with Gasteiger partial charge in [0, 0.05) is 25.8 Å². The van der Waals surface area contributed by atoms with Gasteiger partial charge < -0.3 is 14.9 Å². The average molecular weight is 277 g/mol. The van der Waals surface area contributed by atoms with Gasteiger partial charge in [-0.2, -0.15) is 0 Å². The molecule has 1 fully saturated rings. The standard InChI is InChI=1S/C14H19N3O3/c1-16-7-3-4-11(16)9-17(2)13(18)12-6-5-10(8-15-12)14(19)20/h5-6,8,11H,3-4,7,9H2,1-2H3,(H,19,20). The molecule has 1 saturated heterocycles. The molecule has 2 rings (SSSR count). The monoisotopic (exact) mass is 277 g/mol. The van der Waals surface area contributed by atoms with E-state index in [1.165, 1.54) is 18.3 Å². The molecule has 0 aromatic carbocycles. The molecular weight excluding hydrogens is 258 g/mol. The number of rotatable bonds is 4. The fourth-order valence-electron chi connectivity index (χ4n) is 2.45. The Balaban J connectivity index is 2.00. The van der Waals surface area contributed by atoms with E-state index in [1.54, 1.807) is 11.9 Å². The van der Waals surface area contributed by atoms with Gasteiger partial charge in [-0.05, 0) is 38.6 Å². The predicted molar refractivity (Wildman–Crippen MR) is 73.8 cm³/mol. The highest BCUT2D eigenvalue weighted by molar-refractivity contribution is 5.93. The number of hydrogen-bond acceptors (Lipinski definition) is 4. The maximum atomic E-state index is 12.2. The Morgan fingerprint density at radius 3 is 2.75 bits per heavy atom. The lowest BCUT2D eigenvalue weighted by molar-refractivity contribution is 0.0693. The third-order valence-electron chi connectivity index (χ3n) is 3.73. The Bertz CT molecular complexity index is 501. The number of aromatic carboxylic acids is 1. The molecule has 1 aromatic rings. The Morgan fingerprint density at radius 1 is 1.50 bits per heavy atom. The number of likely N-dealkylation sites (N-methyl/N-ethyl adjacent to an activating group) is 2. The molecular formula is C14H19N3O3. The molecule has 1 aromatic heterocycles. The summed E-state index contributed by atoms with van der Waals surface area (Å²) in [5.74, 6) is -1.22. The van der Waals surface area contributed by atoms with Crippen molar-refractivity contribution in [3.8, 4) is 0 Å². The minimum Gasteiger partial charge on any atom is -0.478 e. The third kappa shape index (κ3) is 3.14. The minimum absolute atomic E-state index is 0.0831. The van der Waals surface area contributed by atoms with E-state index in [1.807, 2.05) is 0 Å². The van der Waals surface area contributed by atoms with Gasteiger partial charge in [0.1, 0.15) is 5.69 Å². The van der Waals surface area contributed by atoms with Crippen molar-refractivity contribution >= 4 is 11.9 Å². The summed E-state index contributed by atoms with van der Waals surface area (Å²) in [6, 6.07) is 3.25. The van der Waals surface area contributed by atoms with Crippen molar-refractivity contribution in [3.63, 3.8) is 0 Å². The van der Waals surface area contributed by atoms with Crippen molar-refractivity contribution in [1.82, 2.24) is 14.8 Å². The fraction of sp³-hybridized carbons (Fsp3) is 0.500. The lowest BCUT2D eigenvalue weighted by Gasteiger charge is -2.25. The van der Waals surface area contributed by atoms with Crippen LogP contribution in [0.2, 0.25) is 0 Å². The van der Waals surface area contributed by atoms with Crippen LogP contribution in [-0.2, 0) is 0 Å². The smallest absolute Gasteiger partial charge is 0.337 e. The largest absolute Gasteiger partial charge is 0.478 e. The molecule has 1 aliphatic heterocycles. The van der Waals surface area contributed by atoms with Crippen LogP contribution >= 0.6 is 0 Å². The Kier molecular flexibility index (Phi) is 4.34. The average Bonchev–Trinajstić information content (AvgIpc) is 2.83. The molecule has 1 unspecified atom stereocenters. The number of carboxylic acids is 1. The van der Waals surface area contributed by atoms with Crippen molar-refractivity contribution < 1.29 is 14.7 Å². The first-order valence-electron chi connectivity index (χ1n) is 6.64. The first-order valence-corrected chi connectivity index (χ1v) is 6.64. The molecule has 6 heteroatoms. The zero-order valence-electron chi connectivity index (χ0n) is 11.7. The Morgan fingerprint density at radius 2 is 2.25 bits per heavy atom. The highest BCUT2D eigenvalue weighted by atomic mass is 16.4. The lowest BCUT2D eigenvalue weighted by Crippen LogP contribution is -2.39. The van der Waals surface area contributed by atoms with Crippen LogP contribution in [0.3, 0.4) is 0 Å². The van der Waals surface area contributed by atoms with E-state index < -0.39 is 5.97 Å². The van der Waals surface area contributed by atoms with Gasteiger partial charge in [0.25, 0.3) is 5.91 Å². The molecule has 1 amide bonds. The molecule has 0 saturated carbocycles. The summed E-state index contributed by atoms with van der Waals surface area (Å²) >= 11 is 0. The van der Waals surface area contributed by atoms with Crippen molar-refractivity contribution in [2.45, 2.75) is 18.9 Å². The minimum atomic E-state index is -1.04. The van der Waals surface area contributed by atoms with E-state index in [0.717, 1.165) is 19.4 Å². The first-order chi connectivity index (χ1) is 9.49. The van der Waals surface area contributed by atoms with Gasteiger partial charge in [0.2, 0.25) is 0 Å². The number of pyridine rings is 1. The van der Waals surface area contributed by atoms with E-state index in [9.17, 15) is 9.59 Å². The molecule has 0 aliphatic carbocycles. The molecule has 0 spiro atoms. The third-order valence-corrected chi connectivity index (χ3v) is 3.73. The molecule has 0 radical (unpaired) electrons. The van der Waals surface area contributed by atoms with E-state index in [4.69, 9.17) is 5.11 Å². The van der Waals surface area contributed by atoms with Crippen LogP contribution in [0.1, 0.15) is 33.7 Å². The highest BCUT2D eigenvalue weighted by Gasteiger charge is 2.24. The molecule has 108 valence electrons. The molecule has 20 heavy (non-hydrogen) atoms. The quantitative estimate of drug-likeness (QED) is 0.887. The maximum Gasteiger partial charge on any atom is 0.337 e. The number of carbonyl (C=O) groups is 2. The molecule has 0 bridgehead atoms. The fourth-order valence-corrected chi connectivity index (χ4v) is 2.45. The van der Waals surface area contributed by atoms with Crippen LogP contribution in [0.25, 0.3) is 0 Å². The number of nitrogens with zero attached hydrogens (tertiary/aromatic N) is 3. The first kappa shape index (κ1) is 14.5. The highest BCUT2D eigenvalue weighted by Crippen LogP contribution is 2.16. The van der Waals surface area contributed by atoms with Crippen LogP contribution < -0.4 is 0 Å². The number of likely N-dealkylation sites (tertiary alicyclic amines) is 1. The van der Waals surface area contributed by atoms with Crippen molar-refractivity contribution in [2.24, 2.45) is 0 Å². The second-order valence-corrected chi connectivity index (χ2v) is 5.20. The number of hydrogen-bond donors (Lipinski definition) is 1. The van der Waals surface area contributed by atoms with E-state index in [-0.39, 0.29) is 17.2 Å². The number of amides is 1. The van der Waals surface area contributed by atoms with Crippen molar-refractivity contribution in [3.05, 3.63) is 29.6 Å². The Hall–Kier alpha value is -1.95. The van der Waals surface area contributed by atoms with Crippen LogP contribution in [0.15, 0.2) is 18.3 Å². The van der Waals surface area contributed by atoms with Gasteiger partial charge in [-0.3, -0.25) is 9.78 Å². The van der Waals surface area contributed by atoms with Crippen LogP contribution in [0.5, 0.6) is 0 Å². The summed E-state index contributed by atoms with van der Waals surface area (Å²) in [5.41, 5.74) is 0.359. The normalized spacial score (nSPS) is 19.0. The van der Waals surface area contributed by atoms with Crippen LogP contribution in [0.4, 0.5) is 0 Å². The zero-order valence-corrected chi connectivity index (χ0v) is 11.7. The van der Waals surface area contributed by atoms with Crippen LogP contribution in [-0.4, -0.2) is 65.0 Å². The summed E-state index contributed by atoms with van der Waals surface area (Å²) in [7, 11) is 3.82. The summed E-state index contributed by atoms with van der Waals surface area (Å²) in [6.45, 7) is 1.73. The molecule has 1 aliphatic rings. The van der Waals surface area contributed by atoms with E-state index >= 15 is 0 Å². The zero-order chi connectivity index (χ0) is 14.7. The summed E-state index contributed by atoms with van der Waals surface area (Å²) in [5, 5.41) is 8.80. The van der Waals surface area contributed by atoms with Crippen molar-refractivity contribution in [1.29, 1.82) is 0 Å². The number of aromatic nitrogens is 1. The lowest BCUT2D eigenvalue weighted by atomic mass is 10.2.